The van der Waals surface area contributed by atoms with E-state index >= 15 is 0 Å². The van der Waals surface area contributed by atoms with Gasteiger partial charge in [-0.3, -0.25) is 10.2 Å². The van der Waals surface area contributed by atoms with E-state index < -0.39 is 6.17 Å². The van der Waals surface area contributed by atoms with Crippen LogP contribution in [0.25, 0.3) is 22.0 Å². The quantitative estimate of drug-likeness (QED) is 0.272. The topological polar surface area (TPSA) is 75.1 Å². The average molecular weight is 489 g/mol. The van der Waals surface area contributed by atoms with Crippen LogP contribution in [0.1, 0.15) is 34.5 Å². The lowest BCUT2D eigenvalue weighted by Gasteiger charge is -2.29. The molecule has 1 aromatic heterocycles. The summed E-state index contributed by atoms with van der Waals surface area (Å²) in [7, 11) is 0. The molecule has 178 valence electrons. The molecular weight excluding hydrogens is 463 g/mol. The van der Waals surface area contributed by atoms with Gasteiger partial charge >= 0.3 is 0 Å². The molecule has 7 heteroatoms. The Morgan fingerprint density at radius 2 is 1.66 bits per heavy atom. The number of nitrogens with one attached hydrogen (secondary N) is 1. The molecule has 1 aliphatic heterocycles. The zero-order valence-electron chi connectivity index (χ0n) is 19.2. The number of carbonyl (C=O) groups is 1. The van der Waals surface area contributed by atoms with Crippen LogP contribution in [0.3, 0.4) is 0 Å². The molecule has 0 aliphatic carbocycles. The SMILES string of the molecule is N=C(N)c1ccc2c(Cl)c(C(=O)N3CCC(F)CC3)n(Cc3ccc(-c4ccccc4)cc3)c2c1. The molecule has 0 bridgehead atoms. The van der Waals surface area contributed by atoms with Crippen LogP contribution in [-0.2, 0) is 6.54 Å². The van der Waals surface area contributed by atoms with E-state index in [-0.39, 0.29) is 11.7 Å². The second kappa shape index (κ2) is 9.55. The number of alkyl halides is 1. The number of piperidine rings is 1. The number of amides is 1. The number of nitrogen functional groups attached to an aromatic ring is 1. The van der Waals surface area contributed by atoms with E-state index in [0.717, 1.165) is 27.6 Å². The van der Waals surface area contributed by atoms with Gasteiger partial charge in [0.2, 0.25) is 0 Å². The molecule has 2 heterocycles. The Balaban J connectivity index is 1.56. The van der Waals surface area contributed by atoms with E-state index in [0.29, 0.717) is 48.8 Å². The van der Waals surface area contributed by atoms with Gasteiger partial charge in [0.05, 0.1) is 10.5 Å². The predicted octanol–water partition coefficient (Wildman–Crippen LogP) is 5.87. The van der Waals surface area contributed by atoms with Gasteiger partial charge in [0.25, 0.3) is 5.91 Å². The third-order valence-electron chi connectivity index (χ3n) is 6.63. The molecule has 3 aromatic carbocycles. The van der Waals surface area contributed by atoms with Crippen molar-refractivity contribution in [3.8, 4) is 11.1 Å². The molecule has 1 amide bonds. The summed E-state index contributed by atoms with van der Waals surface area (Å²) in [4.78, 5) is 15.3. The normalized spacial score (nSPS) is 14.4. The maximum Gasteiger partial charge on any atom is 0.272 e. The Labute approximate surface area is 208 Å². The maximum absolute atomic E-state index is 13.7. The number of nitrogens with zero attached hydrogens (tertiary/aromatic N) is 2. The van der Waals surface area contributed by atoms with Crippen LogP contribution in [0.5, 0.6) is 0 Å². The highest BCUT2D eigenvalue weighted by Crippen LogP contribution is 2.34. The van der Waals surface area contributed by atoms with Gasteiger partial charge in [0, 0.05) is 30.6 Å². The van der Waals surface area contributed by atoms with Crippen molar-refractivity contribution >= 4 is 34.2 Å². The lowest BCUT2D eigenvalue weighted by Crippen LogP contribution is -2.40. The molecule has 1 fully saturated rings. The van der Waals surface area contributed by atoms with Gasteiger partial charge in [-0.25, -0.2) is 4.39 Å². The molecule has 3 N–H and O–H groups in total. The largest absolute Gasteiger partial charge is 0.384 e. The molecular formula is C28H26ClFN4O. The Bertz CT molecular complexity index is 1390. The summed E-state index contributed by atoms with van der Waals surface area (Å²) in [6.45, 7) is 1.14. The first-order valence-electron chi connectivity index (χ1n) is 11.7. The summed E-state index contributed by atoms with van der Waals surface area (Å²) < 4.78 is 15.6. The number of amidine groups is 1. The highest BCUT2D eigenvalue weighted by atomic mass is 35.5. The van der Waals surface area contributed by atoms with Gasteiger partial charge in [0.15, 0.2) is 0 Å². The van der Waals surface area contributed by atoms with Crippen LogP contribution in [0.2, 0.25) is 5.02 Å². The van der Waals surface area contributed by atoms with Gasteiger partial charge < -0.3 is 15.2 Å². The monoisotopic (exact) mass is 488 g/mol. The number of halogens is 2. The standard InChI is InChI=1S/C28H26ClFN4O/c29-25-23-11-10-21(27(31)32)16-24(23)34(26(25)28(35)33-14-12-22(30)13-15-33)17-18-6-8-20(9-7-18)19-4-2-1-3-5-19/h1-11,16,22H,12-15,17H2,(H3,31,32). The Morgan fingerprint density at radius 1 is 1.00 bits per heavy atom. The summed E-state index contributed by atoms with van der Waals surface area (Å²) in [5, 5.41) is 8.94. The highest BCUT2D eigenvalue weighted by molar-refractivity contribution is 6.39. The Morgan fingerprint density at radius 3 is 2.31 bits per heavy atom. The van der Waals surface area contributed by atoms with E-state index in [2.05, 4.69) is 24.3 Å². The van der Waals surface area contributed by atoms with Gasteiger partial charge in [-0.1, -0.05) is 78.3 Å². The minimum Gasteiger partial charge on any atom is -0.384 e. The molecule has 5 nitrogen and oxygen atoms in total. The highest BCUT2D eigenvalue weighted by Gasteiger charge is 2.29. The molecule has 0 spiro atoms. The summed E-state index contributed by atoms with van der Waals surface area (Å²) in [6, 6.07) is 23.7. The number of rotatable bonds is 5. The summed E-state index contributed by atoms with van der Waals surface area (Å²) >= 11 is 6.78. The number of hydrogen-bond acceptors (Lipinski definition) is 2. The van der Waals surface area contributed by atoms with Crippen LogP contribution in [0.4, 0.5) is 4.39 Å². The minimum atomic E-state index is -0.873. The molecule has 0 saturated carbocycles. The minimum absolute atomic E-state index is 0.0547. The third-order valence-corrected chi connectivity index (χ3v) is 7.01. The van der Waals surface area contributed by atoms with E-state index in [1.165, 1.54) is 0 Å². The van der Waals surface area contributed by atoms with Crippen LogP contribution in [-0.4, -0.2) is 40.5 Å². The molecule has 1 saturated heterocycles. The zero-order valence-corrected chi connectivity index (χ0v) is 19.9. The lowest BCUT2D eigenvalue weighted by atomic mass is 10.0. The fraction of sp³-hybridized carbons (Fsp3) is 0.214. The second-order valence-electron chi connectivity index (χ2n) is 8.92. The average Bonchev–Trinajstić information content (AvgIpc) is 3.15. The van der Waals surface area contributed by atoms with Gasteiger partial charge in [0.1, 0.15) is 17.7 Å². The number of carbonyl (C=O) groups excluding carboxylic acids is 1. The summed E-state index contributed by atoms with van der Waals surface area (Å²) in [5.41, 5.74) is 10.7. The molecule has 4 aromatic rings. The van der Waals surface area contributed by atoms with Crippen molar-refractivity contribution in [1.82, 2.24) is 9.47 Å². The number of aromatic nitrogens is 1. The molecule has 5 rings (SSSR count). The van der Waals surface area contributed by atoms with Crippen LogP contribution in [0, 0.1) is 5.41 Å². The van der Waals surface area contributed by atoms with Gasteiger partial charge in [-0.2, -0.15) is 0 Å². The fourth-order valence-corrected chi connectivity index (χ4v) is 5.01. The second-order valence-corrected chi connectivity index (χ2v) is 9.30. The number of fused-ring (bicyclic) bond motifs is 1. The number of benzene rings is 3. The molecule has 1 aliphatic rings. The maximum atomic E-state index is 13.7. The van der Waals surface area contributed by atoms with E-state index in [9.17, 15) is 9.18 Å². The van der Waals surface area contributed by atoms with Crippen molar-refractivity contribution in [2.24, 2.45) is 5.73 Å². The van der Waals surface area contributed by atoms with Crippen LogP contribution < -0.4 is 5.73 Å². The van der Waals surface area contributed by atoms with E-state index in [1.807, 2.05) is 34.9 Å². The van der Waals surface area contributed by atoms with Crippen molar-refractivity contribution in [2.75, 3.05) is 13.1 Å². The fourth-order valence-electron chi connectivity index (χ4n) is 4.66. The Hall–Kier alpha value is -3.64. The molecule has 0 atom stereocenters. The van der Waals surface area contributed by atoms with Crippen LogP contribution in [0.15, 0.2) is 72.8 Å². The number of hydrogen-bond donors (Lipinski definition) is 2. The number of likely N-dealkylation sites (tertiary alicyclic amines) is 1. The van der Waals surface area contributed by atoms with Crippen molar-refractivity contribution < 1.29 is 9.18 Å². The van der Waals surface area contributed by atoms with Gasteiger partial charge in [-0.05, 0) is 35.6 Å². The zero-order chi connectivity index (χ0) is 24.5. The molecule has 35 heavy (non-hydrogen) atoms. The first kappa shape index (κ1) is 23.1. The van der Waals surface area contributed by atoms with E-state index in [4.69, 9.17) is 22.7 Å². The predicted molar refractivity (Wildman–Crippen MR) is 139 cm³/mol. The first-order valence-corrected chi connectivity index (χ1v) is 12.0. The smallest absolute Gasteiger partial charge is 0.272 e. The Kier molecular flexibility index (Phi) is 6.31. The van der Waals surface area contributed by atoms with Crippen molar-refractivity contribution in [3.05, 3.63) is 94.6 Å². The number of nitrogens with two attached hydrogens (primary N) is 1. The summed E-state index contributed by atoms with van der Waals surface area (Å²) in [5.74, 6) is -0.260. The van der Waals surface area contributed by atoms with E-state index in [1.54, 1.807) is 23.1 Å². The van der Waals surface area contributed by atoms with Crippen LogP contribution >= 0.6 is 11.6 Å². The third kappa shape index (κ3) is 4.54. The lowest BCUT2D eigenvalue weighted by molar-refractivity contribution is 0.0657. The van der Waals surface area contributed by atoms with Gasteiger partial charge in [-0.15, -0.1) is 0 Å². The summed E-state index contributed by atoms with van der Waals surface area (Å²) in [6.07, 6.45) is -0.209. The van der Waals surface area contributed by atoms with Crippen molar-refractivity contribution in [2.45, 2.75) is 25.6 Å². The van der Waals surface area contributed by atoms with Crippen molar-refractivity contribution in [1.29, 1.82) is 5.41 Å². The molecule has 0 unspecified atom stereocenters. The first-order chi connectivity index (χ1) is 16.9. The molecule has 0 radical (unpaired) electrons. The van der Waals surface area contributed by atoms with Crippen molar-refractivity contribution in [3.63, 3.8) is 0 Å².